The number of fused-ring (bicyclic) bond motifs is 1. The van der Waals surface area contributed by atoms with Crippen molar-refractivity contribution in [3.63, 3.8) is 0 Å². The third-order valence-corrected chi connectivity index (χ3v) is 2.74. The molecule has 84 valence electrons. The van der Waals surface area contributed by atoms with Crippen LogP contribution in [0.4, 0.5) is 0 Å². The largest absolute Gasteiger partial charge is 0.337 e. The van der Waals surface area contributed by atoms with Crippen molar-refractivity contribution in [1.82, 2.24) is 15.0 Å². The topological polar surface area (TPSA) is 61.5 Å². The van der Waals surface area contributed by atoms with Gasteiger partial charge in [-0.15, -0.1) is 0 Å². The van der Waals surface area contributed by atoms with Crippen LogP contribution in [0.2, 0.25) is 0 Å². The number of aromatic amines is 2. The molecule has 0 atom stereocenters. The van der Waals surface area contributed by atoms with Crippen molar-refractivity contribution >= 4 is 11.0 Å². The highest BCUT2D eigenvalue weighted by molar-refractivity contribution is 5.81. The summed E-state index contributed by atoms with van der Waals surface area (Å²) in [6.07, 6.45) is 0. The number of pyridine rings is 1. The molecule has 0 fully saturated rings. The van der Waals surface area contributed by atoms with E-state index >= 15 is 0 Å². The van der Waals surface area contributed by atoms with Crippen molar-refractivity contribution < 1.29 is 0 Å². The first-order valence-corrected chi connectivity index (χ1v) is 5.39. The number of benzene rings is 1. The Morgan fingerprint density at radius 1 is 1.06 bits per heavy atom. The van der Waals surface area contributed by atoms with Crippen LogP contribution in [0.3, 0.4) is 0 Å². The average molecular weight is 225 g/mol. The number of nitrogens with one attached hydrogen (secondary N) is 2. The van der Waals surface area contributed by atoms with E-state index < -0.39 is 0 Å². The van der Waals surface area contributed by atoms with Crippen LogP contribution in [0.5, 0.6) is 0 Å². The molecule has 3 rings (SSSR count). The summed E-state index contributed by atoms with van der Waals surface area (Å²) in [5, 5.41) is 0. The molecule has 0 bridgehead atoms. The number of aryl methyl sites for hydroxylation is 1. The van der Waals surface area contributed by atoms with Gasteiger partial charge in [-0.05, 0) is 24.6 Å². The van der Waals surface area contributed by atoms with Crippen LogP contribution in [-0.4, -0.2) is 15.0 Å². The molecule has 2 N–H and O–H groups in total. The zero-order chi connectivity index (χ0) is 11.8. The standard InChI is InChI=1S/C13H11N3O/c1-8-4-2-5-9-12(8)16-13(15-9)10-6-3-7-11(17)14-10/h2-7H,1H3,(H,14,17)(H,15,16). The molecular formula is C13H11N3O. The maximum Gasteiger partial charge on any atom is 0.248 e. The van der Waals surface area contributed by atoms with Crippen LogP contribution in [0.15, 0.2) is 41.2 Å². The van der Waals surface area contributed by atoms with E-state index in [1.165, 1.54) is 6.07 Å². The molecule has 17 heavy (non-hydrogen) atoms. The molecule has 2 aromatic heterocycles. The predicted molar refractivity (Wildman–Crippen MR) is 66.9 cm³/mol. The monoisotopic (exact) mass is 225 g/mol. The first-order chi connectivity index (χ1) is 8.24. The van der Waals surface area contributed by atoms with Gasteiger partial charge >= 0.3 is 0 Å². The Balaban J connectivity index is 2.25. The fourth-order valence-corrected chi connectivity index (χ4v) is 1.89. The van der Waals surface area contributed by atoms with Gasteiger partial charge in [0, 0.05) is 6.07 Å². The van der Waals surface area contributed by atoms with Gasteiger partial charge in [0.05, 0.1) is 16.7 Å². The summed E-state index contributed by atoms with van der Waals surface area (Å²) in [4.78, 5) is 21.7. The Labute approximate surface area is 97.3 Å². The van der Waals surface area contributed by atoms with Crippen LogP contribution in [0.1, 0.15) is 5.56 Å². The smallest absolute Gasteiger partial charge is 0.248 e. The summed E-state index contributed by atoms with van der Waals surface area (Å²) in [6.45, 7) is 2.01. The Kier molecular flexibility index (Phi) is 2.08. The predicted octanol–water partition coefficient (Wildman–Crippen LogP) is 2.23. The highest BCUT2D eigenvalue weighted by Gasteiger charge is 2.06. The molecule has 0 aliphatic heterocycles. The van der Waals surface area contributed by atoms with Crippen LogP contribution < -0.4 is 5.56 Å². The number of para-hydroxylation sites is 1. The minimum atomic E-state index is -0.125. The summed E-state index contributed by atoms with van der Waals surface area (Å²) >= 11 is 0. The van der Waals surface area contributed by atoms with Crippen molar-refractivity contribution in [2.45, 2.75) is 6.92 Å². The van der Waals surface area contributed by atoms with E-state index in [1.807, 2.05) is 31.2 Å². The minimum absolute atomic E-state index is 0.125. The SMILES string of the molecule is Cc1cccc2[nH]c(-c3cccc(=O)[nH]3)nc12. The maximum absolute atomic E-state index is 11.2. The Hall–Kier alpha value is -2.36. The Bertz CT molecular complexity index is 740. The van der Waals surface area contributed by atoms with Gasteiger partial charge < -0.3 is 9.97 Å². The quantitative estimate of drug-likeness (QED) is 0.667. The summed E-state index contributed by atoms with van der Waals surface area (Å²) in [6, 6.07) is 11.0. The molecule has 0 aliphatic carbocycles. The van der Waals surface area contributed by atoms with Crippen molar-refractivity contribution in [1.29, 1.82) is 0 Å². The molecule has 0 aliphatic rings. The maximum atomic E-state index is 11.2. The lowest BCUT2D eigenvalue weighted by Crippen LogP contribution is -2.03. The number of hydrogen-bond donors (Lipinski definition) is 2. The van der Waals surface area contributed by atoms with Gasteiger partial charge in [0.15, 0.2) is 5.82 Å². The molecule has 4 heteroatoms. The van der Waals surface area contributed by atoms with Crippen LogP contribution in [0.25, 0.3) is 22.6 Å². The van der Waals surface area contributed by atoms with Crippen molar-refractivity contribution in [3.8, 4) is 11.5 Å². The van der Waals surface area contributed by atoms with E-state index in [0.717, 1.165) is 16.6 Å². The van der Waals surface area contributed by atoms with E-state index in [0.29, 0.717) is 11.5 Å². The number of rotatable bonds is 1. The van der Waals surface area contributed by atoms with E-state index in [2.05, 4.69) is 15.0 Å². The molecule has 4 nitrogen and oxygen atoms in total. The summed E-state index contributed by atoms with van der Waals surface area (Å²) in [5.41, 5.74) is 3.60. The third-order valence-electron chi connectivity index (χ3n) is 2.74. The van der Waals surface area contributed by atoms with Gasteiger partial charge in [0.1, 0.15) is 0 Å². The molecule has 0 spiro atoms. The van der Waals surface area contributed by atoms with Gasteiger partial charge in [0.25, 0.3) is 0 Å². The first-order valence-electron chi connectivity index (χ1n) is 5.39. The third kappa shape index (κ3) is 1.63. The molecule has 0 saturated heterocycles. The molecule has 0 radical (unpaired) electrons. The molecule has 0 amide bonds. The molecular weight excluding hydrogens is 214 g/mol. The summed E-state index contributed by atoms with van der Waals surface area (Å²) in [7, 11) is 0. The lowest BCUT2D eigenvalue weighted by Gasteiger charge is -1.93. The van der Waals surface area contributed by atoms with E-state index in [4.69, 9.17) is 0 Å². The summed E-state index contributed by atoms with van der Waals surface area (Å²) < 4.78 is 0. The molecule has 2 heterocycles. The second kappa shape index (κ2) is 3.59. The van der Waals surface area contributed by atoms with Gasteiger partial charge in [-0.25, -0.2) is 4.98 Å². The van der Waals surface area contributed by atoms with Gasteiger partial charge in [-0.2, -0.15) is 0 Å². The molecule has 3 aromatic rings. The number of H-pyrrole nitrogens is 2. The van der Waals surface area contributed by atoms with Gasteiger partial charge in [-0.1, -0.05) is 18.2 Å². The fourth-order valence-electron chi connectivity index (χ4n) is 1.89. The van der Waals surface area contributed by atoms with Crippen LogP contribution in [-0.2, 0) is 0 Å². The highest BCUT2D eigenvalue weighted by Crippen LogP contribution is 2.20. The second-order valence-electron chi connectivity index (χ2n) is 3.99. The molecule has 0 saturated carbocycles. The lowest BCUT2D eigenvalue weighted by molar-refractivity contribution is 1.19. The van der Waals surface area contributed by atoms with E-state index in [1.54, 1.807) is 6.07 Å². The van der Waals surface area contributed by atoms with Crippen molar-refractivity contribution in [3.05, 3.63) is 52.3 Å². The second-order valence-corrected chi connectivity index (χ2v) is 3.99. The number of nitrogens with zero attached hydrogens (tertiary/aromatic N) is 1. The Morgan fingerprint density at radius 3 is 2.65 bits per heavy atom. The zero-order valence-corrected chi connectivity index (χ0v) is 9.32. The zero-order valence-electron chi connectivity index (χ0n) is 9.32. The normalized spacial score (nSPS) is 10.9. The van der Waals surface area contributed by atoms with E-state index in [-0.39, 0.29) is 5.56 Å². The lowest BCUT2D eigenvalue weighted by atomic mass is 10.2. The first kappa shape index (κ1) is 9.84. The van der Waals surface area contributed by atoms with Gasteiger partial charge in [-0.3, -0.25) is 4.79 Å². The van der Waals surface area contributed by atoms with Crippen molar-refractivity contribution in [2.75, 3.05) is 0 Å². The number of hydrogen-bond acceptors (Lipinski definition) is 2. The van der Waals surface area contributed by atoms with E-state index in [9.17, 15) is 4.79 Å². The minimum Gasteiger partial charge on any atom is -0.337 e. The van der Waals surface area contributed by atoms with Crippen molar-refractivity contribution in [2.24, 2.45) is 0 Å². The molecule has 1 aromatic carbocycles. The van der Waals surface area contributed by atoms with Crippen LogP contribution in [0, 0.1) is 6.92 Å². The fraction of sp³-hybridized carbons (Fsp3) is 0.0769. The number of imidazole rings is 1. The van der Waals surface area contributed by atoms with Crippen LogP contribution >= 0.6 is 0 Å². The van der Waals surface area contributed by atoms with Gasteiger partial charge in [0.2, 0.25) is 5.56 Å². The summed E-state index contributed by atoms with van der Waals surface area (Å²) in [5.74, 6) is 0.687. The molecule has 0 unspecified atom stereocenters. The Morgan fingerprint density at radius 2 is 1.88 bits per heavy atom. The highest BCUT2D eigenvalue weighted by atomic mass is 16.1. The number of aromatic nitrogens is 3. The average Bonchev–Trinajstić information content (AvgIpc) is 2.74.